The molecule has 2 heterocycles. The number of aliphatic hydroxyl groups is 1. The average Bonchev–Trinajstić information content (AvgIpc) is 3.19. The molecule has 2 aliphatic heterocycles. The molecule has 32 heavy (non-hydrogen) atoms. The van der Waals surface area contributed by atoms with Crippen LogP contribution in [0, 0.1) is 0 Å². The van der Waals surface area contributed by atoms with Crippen molar-refractivity contribution in [3.8, 4) is 0 Å². The van der Waals surface area contributed by atoms with Crippen molar-refractivity contribution < 1.29 is 14.7 Å². The second-order valence-corrected chi connectivity index (χ2v) is 16.3. The molecule has 172 valence electrons. The van der Waals surface area contributed by atoms with Crippen molar-refractivity contribution in [2.45, 2.75) is 69.2 Å². The Morgan fingerprint density at radius 2 is 1.84 bits per heavy atom. The highest BCUT2D eigenvalue weighted by Crippen LogP contribution is 2.55. The second kappa shape index (κ2) is 7.95. The van der Waals surface area contributed by atoms with Crippen LogP contribution in [0.4, 0.5) is 0 Å². The molecule has 6 nitrogen and oxygen atoms in total. The summed E-state index contributed by atoms with van der Waals surface area (Å²) >= 11 is 0. The molecule has 0 aromatic heterocycles. The van der Waals surface area contributed by atoms with Gasteiger partial charge in [-0.1, -0.05) is 56.4 Å². The molecule has 2 N–H and O–H groups in total. The van der Waals surface area contributed by atoms with E-state index in [0.717, 1.165) is 36.0 Å². The molecule has 1 aliphatic carbocycles. The van der Waals surface area contributed by atoms with Gasteiger partial charge >= 0.3 is 0 Å². The molecule has 0 unspecified atom stereocenters. The van der Waals surface area contributed by atoms with Crippen LogP contribution < -0.4 is 5.32 Å². The summed E-state index contributed by atoms with van der Waals surface area (Å²) < 4.78 is 0. The van der Waals surface area contributed by atoms with Crippen molar-refractivity contribution in [3.05, 3.63) is 47.0 Å². The van der Waals surface area contributed by atoms with Crippen molar-refractivity contribution in [3.63, 3.8) is 0 Å². The van der Waals surface area contributed by atoms with E-state index in [1.165, 1.54) is 0 Å². The molecular formula is C25H35N3O3Si. The number of nitrogens with one attached hydrogen (secondary N) is 1. The molecule has 4 rings (SSSR count). The van der Waals surface area contributed by atoms with Gasteiger partial charge in [0.05, 0.1) is 39.2 Å². The number of carbonyl (C=O) groups is 2. The fraction of sp³-hybridized carbons (Fsp3) is 0.560. The lowest BCUT2D eigenvalue weighted by molar-refractivity contribution is -0.136. The molecular weight excluding hydrogens is 418 g/mol. The number of aliphatic hydroxyl groups excluding tert-OH is 1. The van der Waals surface area contributed by atoms with Gasteiger partial charge in [0.2, 0.25) is 11.8 Å². The van der Waals surface area contributed by atoms with Crippen molar-refractivity contribution in [1.29, 1.82) is 0 Å². The quantitative estimate of drug-likeness (QED) is 0.670. The molecule has 0 spiro atoms. The van der Waals surface area contributed by atoms with Crippen LogP contribution in [0.15, 0.2) is 46.5 Å². The predicted octanol–water partition coefficient (Wildman–Crippen LogP) is 3.47. The van der Waals surface area contributed by atoms with E-state index in [-0.39, 0.29) is 23.5 Å². The third kappa shape index (κ3) is 3.46. The van der Waals surface area contributed by atoms with E-state index in [1.54, 1.807) is 0 Å². The third-order valence-corrected chi connectivity index (χ3v) is 11.6. The third-order valence-electron chi connectivity index (χ3n) is 8.03. The zero-order chi connectivity index (χ0) is 23.3. The summed E-state index contributed by atoms with van der Waals surface area (Å²) in [6.07, 6.45) is 3.02. The van der Waals surface area contributed by atoms with Crippen LogP contribution in [0.5, 0.6) is 0 Å². The lowest BCUT2D eigenvalue weighted by Crippen LogP contribution is -2.55. The summed E-state index contributed by atoms with van der Waals surface area (Å²) in [6.45, 7) is 11.5. The molecule has 1 fully saturated rings. The zero-order valence-corrected chi connectivity index (χ0v) is 20.9. The first kappa shape index (κ1) is 22.9. The molecule has 0 radical (unpaired) electrons. The number of amides is 2. The van der Waals surface area contributed by atoms with Crippen LogP contribution in [0.3, 0.4) is 0 Å². The minimum Gasteiger partial charge on any atom is -0.395 e. The summed E-state index contributed by atoms with van der Waals surface area (Å²) in [5, 5.41) is 13.0. The largest absolute Gasteiger partial charge is 0.395 e. The average molecular weight is 454 g/mol. The van der Waals surface area contributed by atoms with Crippen LogP contribution in [-0.2, 0) is 9.59 Å². The number of amidine groups is 1. The Morgan fingerprint density at radius 3 is 2.38 bits per heavy atom. The summed E-state index contributed by atoms with van der Waals surface area (Å²) in [5.74, 6) is 0.0469. The Bertz CT molecular complexity index is 987. The Labute approximate surface area is 191 Å². The van der Waals surface area contributed by atoms with Gasteiger partial charge in [0, 0.05) is 10.6 Å². The van der Waals surface area contributed by atoms with Gasteiger partial charge in [0.15, 0.2) is 0 Å². The number of carbonyl (C=O) groups excluding carboxylic acids is 2. The van der Waals surface area contributed by atoms with Gasteiger partial charge in [-0.05, 0) is 37.8 Å². The van der Waals surface area contributed by atoms with Gasteiger partial charge in [0.1, 0.15) is 5.84 Å². The highest BCUT2D eigenvalue weighted by atomic mass is 28.3. The predicted molar refractivity (Wildman–Crippen MR) is 129 cm³/mol. The first-order valence-corrected chi connectivity index (χ1v) is 15.1. The smallest absolute Gasteiger partial charge is 0.233 e. The van der Waals surface area contributed by atoms with E-state index in [4.69, 9.17) is 0 Å². The van der Waals surface area contributed by atoms with Crippen LogP contribution in [0.25, 0.3) is 0 Å². The number of benzene rings is 1. The highest BCUT2D eigenvalue weighted by molar-refractivity contribution is 6.82. The molecule has 7 heteroatoms. The van der Waals surface area contributed by atoms with Crippen LogP contribution >= 0.6 is 0 Å². The first-order valence-electron chi connectivity index (χ1n) is 11.6. The molecule has 1 saturated carbocycles. The fourth-order valence-corrected chi connectivity index (χ4v) is 8.08. The SMILES string of the molecule is CC1(C)C2=C(CN1C(=O)[C@@H](CO)c1ccccc1)C(NC(=O)C1([Si](C)(C)C)CCC1)=NC2. The van der Waals surface area contributed by atoms with Crippen LogP contribution in [-0.4, -0.2) is 61.0 Å². The number of hydrogen-bond acceptors (Lipinski definition) is 4. The Hall–Kier alpha value is -2.25. The monoisotopic (exact) mass is 453 g/mol. The van der Waals surface area contributed by atoms with E-state index in [9.17, 15) is 14.7 Å². The summed E-state index contributed by atoms with van der Waals surface area (Å²) in [6, 6.07) is 9.43. The maximum Gasteiger partial charge on any atom is 0.233 e. The minimum atomic E-state index is -1.69. The van der Waals surface area contributed by atoms with Crippen molar-refractivity contribution >= 4 is 25.7 Å². The Morgan fingerprint density at radius 1 is 1.19 bits per heavy atom. The maximum atomic E-state index is 13.5. The van der Waals surface area contributed by atoms with Gasteiger partial charge in [-0.25, -0.2) is 0 Å². The fourth-order valence-electron chi connectivity index (χ4n) is 5.49. The lowest BCUT2D eigenvalue weighted by Gasteiger charge is -2.49. The molecule has 1 atom stereocenters. The van der Waals surface area contributed by atoms with Gasteiger partial charge < -0.3 is 15.3 Å². The maximum absolute atomic E-state index is 13.5. The van der Waals surface area contributed by atoms with Gasteiger partial charge in [-0.15, -0.1) is 0 Å². The standard InChI is InChI=1S/C25H35N3O3Si/c1-24(2)20-14-26-21(27-23(31)25(12-9-13-25)32(3,4)5)18(20)15-28(24)22(30)19(16-29)17-10-7-6-8-11-17/h6-8,10-11,19,29H,9,12-16H2,1-5H3,(H,26,27,31)/t19-/m0/s1. The zero-order valence-electron chi connectivity index (χ0n) is 19.9. The first-order chi connectivity index (χ1) is 15.0. The van der Waals surface area contributed by atoms with E-state index in [0.29, 0.717) is 18.9 Å². The van der Waals surface area contributed by atoms with Gasteiger partial charge in [-0.2, -0.15) is 0 Å². The number of aliphatic imine (C=N–C) groups is 1. The number of rotatable bonds is 5. The topological polar surface area (TPSA) is 82.0 Å². The summed E-state index contributed by atoms with van der Waals surface area (Å²) in [4.78, 5) is 33.4. The normalized spacial score (nSPS) is 22.2. The molecule has 1 aromatic carbocycles. The van der Waals surface area contributed by atoms with E-state index in [2.05, 4.69) is 30.0 Å². The Balaban J connectivity index is 1.54. The van der Waals surface area contributed by atoms with Crippen molar-refractivity contribution in [2.24, 2.45) is 4.99 Å². The van der Waals surface area contributed by atoms with E-state index >= 15 is 0 Å². The van der Waals surface area contributed by atoms with Crippen LogP contribution in [0.2, 0.25) is 24.7 Å². The number of nitrogens with zero attached hydrogens (tertiary/aromatic N) is 2. The molecule has 0 bridgehead atoms. The Kier molecular flexibility index (Phi) is 5.70. The molecule has 0 saturated heterocycles. The van der Waals surface area contributed by atoms with Crippen molar-refractivity contribution in [2.75, 3.05) is 19.7 Å². The molecule has 3 aliphatic rings. The number of hydrogen-bond donors (Lipinski definition) is 2. The molecule has 1 aromatic rings. The van der Waals surface area contributed by atoms with Crippen LogP contribution in [0.1, 0.15) is 44.6 Å². The molecule has 2 amide bonds. The van der Waals surface area contributed by atoms with E-state index in [1.807, 2.05) is 49.1 Å². The van der Waals surface area contributed by atoms with Crippen molar-refractivity contribution in [1.82, 2.24) is 10.2 Å². The summed E-state index contributed by atoms with van der Waals surface area (Å²) in [5.41, 5.74) is 2.34. The highest BCUT2D eigenvalue weighted by Gasteiger charge is 2.54. The van der Waals surface area contributed by atoms with Gasteiger partial charge in [-0.3, -0.25) is 14.6 Å². The van der Waals surface area contributed by atoms with Gasteiger partial charge in [0.25, 0.3) is 0 Å². The second-order valence-electron chi connectivity index (χ2n) is 10.9. The lowest BCUT2D eigenvalue weighted by atomic mass is 9.83. The van der Waals surface area contributed by atoms with E-state index < -0.39 is 19.5 Å². The minimum absolute atomic E-state index is 0.0960. The summed E-state index contributed by atoms with van der Waals surface area (Å²) in [7, 11) is -1.69.